The van der Waals surface area contributed by atoms with E-state index in [2.05, 4.69) is 28.9 Å². The van der Waals surface area contributed by atoms with Gasteiger partial charge in [-0.2, -0.15) is 5.26 Å². The van der Waals surface area contributed by atoms with Crippen molar-refractivity contribution < 1.29 is 4.39 Å². The van der Waals surface area contributed by atoms with Gasteiger partial charge in [0.1, 0.15) is 6.07 Å². The molecule has 1 atom stereocenters. The van der Waals surface area contributed by atoms with E-state index < -0.39 is 0 Å². The topological polar surface area (TPSA) is 27.0 Å². The van der Waals surface area contributed by atoms with E-state index in [4.69, 9.17) is 5.26 Å². The normalized spacial score (nSPS) is 16.9. The summed E-state index contributed by atoms with van der Waals surface area (Å²) in [5, 5.41) is 8.95. The quantitative estimate of drug-likeness (QED) is 0.767. The number of anilines is 2. The zero-order valence-corrected chi connectivity index (χ0v) is 12.5. The summed E-state index contributed by atoms with van der Waals surface area (Å²) in [5.41, 5.74) is 3.08. The highest BCUT2D eigenvalue weighted by molar-refractivity contribution is 9.10. The van der Waals surface area contributed by atoms with Gasteiger partial charge < -0.3 is 4.90 Å². The summed E-state index contributed by atoms with van der Waals surface area (Å²) in [5.74, 6) is -0.382. The summed E-state index contributed by atoms with van der Waals surface area (Å²) in [6, 6.07) is 13.5. The lowest BCUT2D eigenvalue weighted by Crippen LogP contribution is -2.25. The predicted octanol–water partition coefficient (Wildman–Crippen LogP) is 4.54. The van der Waals surface area contributed by atoms with Crippen LogP contribution in [0.1, 0.15) is 18.1 Å². The summed E-state index contributed by atoms with van der Waals surface area (Å²) in [6.07, 6.45) is 0.896. The number of rotatable bonds is 1. The molecule has 2 aromatic carbocycles. The molecule has 0 fully saturated rings. The SMILES string of the molecule is CC1Cc2ccccc2N1c1ccc(C#N)c(Br)c1F. The molecule has 2 nitrogen and oxygen atoms in total. The average molecular weight is 331 g/mol. The van der Waals surface area contributed by atoms with Gasteiger partial charge in [0, 0.05) is 11.7 Å². The zero-order chi connectivity index (χ0) is 14.3. The second-order valence-electron chi connectivity index (χ2n) is 4.92. The van der Waals surface area contributed by atoms with Crippen LogP contribution in [0.5, 0.6) is 0 Å². The van der Waals surface area contributed by atoms with Crippen LogP contribution in [0.15, 0.2) is 40.9 Å². The first-order chi connectivity index (χ1) is 9.63. The summed E-state index contributed by atoms with van der Waals surface area (Å²) < 4.78 is 14.8. The lowest BCUT2D eigenvalue weighted by Gasteiger charge is -2.26. The van der Waals surface area contributed by atoms with Gasteiger partial charge in [-0.15, -0.1) is 0 Å². The van der Waals surface area contributed by atoms with Crippen LogP contribution >= 0.6 is 15.9 Å². The maximum atomic E-state index is 14.5. The van der Waals surface area contributed by atoms with Gasteiger partial charge in [0.15, 0.2) is 5.82 Å². The van der Waals surface area contributed by atoms with Crippen molar-refractivity contribution in [2.45, 2.75) is 19.4 Å². The summed E-state index contributed by atoms with van der Waals surface area (Å²) >= 11 is 3.17. The summed E-state index contributed by atoms with van der Waals surface area (Å²) in [7, 11) is 0. The Labute approximate surface area is 125 Å². The Hall–Kier alpha value is -1.86. The van der Waals surface area contributed by atoms with Crippen molar-refractivity contribution in [2.75, 3.05) is 4.90 Å². The third-order valence-electron chi connectivity index (χ3n) is 3.65. The van der Waals surface area contributed by atoms with E-state index in [1.807, 2.05) is 29.2 Å². The number of fused-ring (bicyclic) bond motifs is 1. The molecule has 20 heavy (non-hydrogen) atoms. The van der Waals surface area contributed by atoms with Crippen LogP contribution < -0.4 is 4.90 Å². The highest BCUT2D eigenvalue weighted by Gasteiger charge is 2.29. The predicted molar refractivity (Wildman–Crippen MR) is 80.6 cm³/mol. The Morgan fingerprint density at radius 1 is 1.25 bits per heavy atom. The van der Waals surface area contributed by atoms with Crippen LogP contribution in [0.3, 0.4) is 0 Å². The van der Waals surface area contributed by atoms with Gasteiger partial charge in [0.25, 0.3) is 0 Å². The van der Waals surface area contributed by atoms with Crippen molar-refractivity contribution in [2.24, 2.45) is 0 Å². The van der Waals surface area contributed by atoms with E-state index in [0.717, 1.165) is 12.1 Å². The summed E-state index contributed by atoms with van der Waals surface area (Å²) in [6.45, 7) is 2.07. The Morgan fingerprint density at radius 2 is 2.00 bits per heavy atom. The number of halogens is 2. The average Bonchev–Trinajstić information content (AvgIpc) is 2.78. The minimum absolute atomic E-state index is 0.196. The van der Waals surface area contributed by atoms with Crippen molar-refractivity contribution >= 4 is 27.3 Å². The third kappa shape index (κ3) is 1.90. The molecule has 0 saturated carbocycles. The fraction of sp³-hybridized carbons (Fsp3) is 0.188. The lowest BCUT2D eigenvalue weighted by atomic mass is 10.1. The Balaban J connectivity index is 2.15. The number of nitriles is 1. The molecule has 0 bridgehead atoms. The minimum Gasteiger partial charge on any atom is -0.336 e. The molecule has 4 heteroatoms. The van der Waals surface area contributed by atoms with Crippen molar-refractivity contribution in [3.63, 3.8) is 0 Å². The maximum Gasteiger partial charge on any atom is 0.162 e. The fourth-order valence-corrected chi connectivity index (χ4v) is 3.17. The molecule has 0 aromatic heterocycles. The molecule has 0 spiro atoms. The number of hydrogen-bond donors (Lipinski definition) is 0. The smallest absolute Gasteiger partial charge is 0.162 e. The largest absolute Gasteiger partial charge is 0.336 e. The van der Waals surface area contributed by atoms with E-state index in [1.54, 1.807) is 12.1 Å². The van der Waals surface area contributed by atoms with Crippen molar-refractivity contribution in [3.05, 3.63) is 57.8 Å². The molecule has 1 aliphatic rings. The van der Waals surface area contributed by atoms with Gasteiger partial charge in [-0.3, -0.25) is 0 Å². The van der Waals surface area contributed by atoms with Crippen LogP contribution in [0, 0.1) is 17.1 Å². The molecular formula is C16H12BrFN2. The van der Waals surface area contributed by atoms with Crippen LogP contribution in [-0.4, -0.2) is 6.04 Å². The number of benzene rings is 2. The molecule has 100 valence electrons. The Morgan fingerprint density at radius 3 is 2.75 bits per heavy atom. The molecule has 3 rings (SSSR count). The summed E-state index contributed by atoms with van der Waals surface area (Å²) in [4.78, 5) is 2.00. The molecule has 0 saturated heterocycles. The molecule has 0 aliphatic carbocycles. The minimum atomic E-state index is -0.382. The lowest BCUT2D eigenvalue weighted by molar-refractivity contribution is 0.611. The van der Waals surface area contributed by atoms with Crippen LogP contribution in [0.4, 0.5) is 15.8 Å². The highest BCUT2D eigenvalue weighted by atomic mass is 79.9. The van der Waals surface area contributed by atoms with Gasteiger partial charge in [-0.05, 0) is 53.0 Å². The first kappa shape index (κ1) is 13.1. The van der Waals surface area contributed by atoms with Gasteiger partial charge in [-0.25, -0.2) is 4.39 Å². The maximum absolute atomic E-state index is 14.5. The van der Waals surface area contributed by atoms with Crippen molar-refractivity contribution in [3.8, 4) is 6.07 Å². The molecule has 1 heterocycles. The zero-order valence-electron chi connectivity index (χ0n) is 10.9. The van der Waals surface area contributed by atoms with E-state index in [9.17, 15) is 4.39 Å². The second-order valence-corrected chi connectivity index (χ2v) is 5.72. The van der Waals surface area contributed by atoms with Gasteiger partial charge >= 0.3 is 0 Å². The third-order valence-corrected chi connectivity index (χ3v) is 4.42. The molecule has 1 aliphatic heterocycles. The molecule has 0 N–H and O–H groups in total. The molecule has 0 radical (unpaired) electrons. The number of nitrogens with zero attached hydrogens (tertiary/aromatic N) is 2. The number of para-hydroxylation sites is 1. The van der Waals surface area contributed by atoms with Crippen molar-refractivity contribution in [1.82, 2.24) is 0 Å². The van der Waals surface area contributed by atoms with Gasteiger partial charge in [0.2, 0.25) is 0 Å². The van der Waals surface area contributed by atoms with Gasteiger partial charge in [-0.1, -0.05) is 18.2 Å². The monoisotopic (exact) mass is 330 g/mol. The standard InChI is InChI=1S/C16H12BrFN2/c1-10-8-11-4-2-3-5-13(11)20(10)14-7-6-12(9-19)15(17)16(14)18/h2-7,10H,8H2,1H3. The number of hydrogen-bond acceptors (Lipinski definition) is 2. The Bertz CT molecular complexity index is 721. The molecule has 2 aromatic rings. The first-order valence-corrected chi connectivity index (χ1v) is 7.18. The fourth-order valence-electron chi connectivity index (χ4n) is 2.74. The van der Waals surface area contributed by atoms with Crippen LogP contribution in [0.2, 0.25) is 0 Å². The van der Waals surface area contributed by atoms with E-state index >= 15 is 0 Å². The Kier molecular flexibility index (Phi) is 3.23. The van der Waals surface area contributed by atoms with Gasteiger partial charge in [0.05, 0.1) is 15.7 Å². The van der Waals surface area contributed by atoms with Crippen LogP contribution in [-0.2, 0) is 6.42 Å². The van der Waals surface area contributed by atoms with Crippen molar-refractivity contribution in [1.29, 1.82) is 5.26 Å². The van der Waals surface area contributed by atoms with Crippen LogP contribution in [0.25, 0.3) is 0 Å². The molecular weight excluding hydrogens is 319 g/mol. The molecule has 0 amide bonds. The molecule has 1 unspecified atom stereocenters. The van der Waals surface area contributed by atoms with E-state index in [0.29, 0.717) is 11.3 Å². The van der Waals surface area contributed by atoms with E-state index in [-0.39, 0.29) is 16.3 Å². The second kappa shape index (κ2) is 4.92. The first-order valence-electron chi connectivity index (χ1n) is 6.38. The highest BCUT2D eigenvalue weighted by Crippen LogP contribution is 2.41. The van der Waals surface area contributed by atoms with E-state index in [1.165, 1.54) is 5.56 Å².